The SMILES string of the molecule is COc1ccc(/C(O)=C2\C(=O)C(=O)N(c3ccc(C(=O)OC(C)C)cc3)C2c2ccc(O)cc2)cc1. The van der Waals surface area contributed by atoms with E-state index in [1.165, 1.54) is 36.3 Å². The van der Waals surface area contributed by atoms with E-state index in [1.54, 1.807) is 62.4 Å². The number of Topliss-reactive ketones (excluding diaryl/α,β-unsaturated/α-hetero) is 1. The van der Waals surface area contributed by atoms with E-state index in [-0.39, 0.29) is 23.2 Å². The van der Waals surface area contributed by atoms with Gasteiger partial charge in [0.05, 0.1) is 30.4 Å². The predicted octanol–water partition coefficient (Wildman–Crippen LogP) is 4.59. The summed E-state index contributed by atoms with van der Waals surface area (Å²) in [4.78, 5) is 40.0. The van der Waals surface area contributed by atoms with Gasteiger partial charge in [-0.25, -0.2) is 4.79 Å². The maximum absolute atomic E-state index is 13.2. The van der Waals surface area contributed by atoms with E-state index in [2.05, 4.69) is 0 Å². The molecule has 1 unspecified atom stereocenters. The summed E-state index contributed by atoms with van der Waals surface area (Å²) in [6, 6.07) is 17.6. The summed E-state index contributed by atoms with van der Waals surface area (Å²) in [7, 11) is 1.51. The first-order valence-corrected chi connectivity index (χ1v) is 11.3. The fourth-order valence-electron chi connectivity index (χ4n) is 4.02. The normalized spacial score (nSPS) is 16.9. The van der Waals surface area contributed by atoms with Crippen molar-refractivity contribution in [3.05, 3.63) is 95.1 Å². The monoisotopic (exact) mass is 487 g/mol. The molecule has 0 aliphatic carbocycles. The first kappa shape index (κ1) is 24.5. The summed E-state index contributed by atoms with van der Waals surface area (Å²) in [6.45, 7) is 3.48. The molecule has 4 rings (SSSR count). The molecule has 1 fully saturated rings. The third-order valence-electron chi connectivity index (χ3n) is 5.74. The number of methoxy groups -OCH3 is 1. The first-order valence-electron chi connectivity index (χ1n) is 11.3. The van der Waals surface area contributed by atoms with Crippen molar-refractivity contribution in [2.75, 3.05) is 12.0 Å². The lowest BCUT2D eigenvalue weighted by molar-refractivity contribution is -0.132. The van der Waals surface area contributed by atoms with E-state index in [0.29, 0.717) is 28.1 Å². The minimum Gasteiger partial charge on any atom is -0.508 e. The van der Waals surface area contributed by atoms with E-state index in [9.17, 15) is 24.6 Å². The van der Waals surface area contributed by atoms with Crippen molar-refractivity contribution in [3.8, 4) is 11.5 Å². The topological polar surface area (TPSA) is 113 Å². The summed E-state index contributed by atoms with van der Waals surface area (Å²) >= 11 is 0. The van der Waals surface area contributed by atoms with Crippen LogP contribution in [0.3, 0.4) is 0 Å². The molecule has 2 N–H and O–H groups in total. The Hall–Kier alpha value is -4.59. The van der Waals surface area contributed by atoms with E-state index >= 15 is 0 Å². The molecule has 184 valence electrons. The van der Waals surface area contributed by atoms with Gasteiger partial charge in [0.2, 0.25) is 0 Å². The van der Waals surface area contributed by atoms with Crippen LogP contribution < -0.4 is 9.64 Å². The molecule has 36 heavy (non-hydrogen) atoms. The zero-order valence-corrected chi connectivity index (χ0v) is 20.0. The van der Waals surface area contributed by atoms with Gasteiger partial charge >= 0.3 is 5.97 Å². The van der Waals surface area contributed by atoms with Crippen molar-refractivity contribution in [2.24, 2.45) is 0 Å². The summed E-state index contributed by atoms with van der Waals surface area (Å²) < 4.78 is 10.4. The number of aliphatic hydroxyl groups is 1. The van der Waals surface area contributed by atoms with E-state index < -0.39 is 23.7 Å². The maximum atomic E-state index is 13.2. The molecule has 0 bridgehead atoms. The smallest absolute Gasteiger partial charge is 0.338 e. The Bertz CT molecular complexity index is 1320. The lowest BCUT2D eigenvalue weighted by Gasteiger charge is -2.25. The Kier molecular flexibility index (Phi) is 6.78. The number of benzene rings is 3. The van der Waals surface area contributed by atoms with Gasteiger partial charge in [0.1, 0.15) is 17.3 Å². The highest BCUT2D eigenvalue weighted by Gasteiger charge is 2.47. The number of rotatable bonds is 6. The van der Waals surface area contributed by atoms with Crippen LogP contribution in [0.2, 0.25) is 0 Å². The number of phenolic OH excluding ortho intramolecular Hbond substituents is 1. The lowest BCUT2D eigenvalue weighted by Crippen LogP contribution is -2.29. The van der Waals surface area contributed by atoms with E-state index in [1.807, 2.05) is 0 Å². The van der Waals surface area contributed by atoms with Gasteiger partial charge in [-0.05, 0) is 80.1 Å². The zero-order valence-electron chi connectivity index (χ0n) is 20.0. The summed E-state index contributed by atoms with van der Waals surface area (Å²) in [5.74, 6) is -1.95. The largest absolute Gasteiger partial charge is 0.508 e. The molecule has 0 spiro atoms. The standard InChI is InChI=1S/C28H25NO7/c1-16(2)36-28(34)19-4-10-20(11-5-19)29-24(17-6-12-21(30)13-7-17)23(26(32)27(29)33)25(31)18-8-14-22(35-3)15-9-18/h4-16,24,30-31H,1-3H3/b25-23+. The molecule has 3 aromatic carbocycles. The molecular weight excluding hydrogens is 462 g/mol. The second-order valence-electron chi connectivity index (χ2n) is 8.49. The van der Waals surface area contributed by atoms with Crippen LogP contribution >= 0.6 is 0 Å². The average Bonchev–Trinajstić information content (AvgIpc) is 3.14. The Morgan fingerprint density at radius 1 is 0.889 bits per heavy atom. The van der Waals surface area contributed by atoms with Gasteiger partial charge in [0.15, 0.2) is 0 Å². The van der Waals surface area contributed by atoms with Gasteiger partial charge < -0.3 is 19.7 Å². The first-order chi connectivity index (χ1) is 17.2. The fourth-order valence-corrected chi connectivity index (χ4v) is 4.02. The maximum Gasteiger partial charge on any atom is 0.338 e. The molecule has 1 aliphatic heterocycles. The third kappa shape index (κ3) is 4.65. The lowest BCUT2D eigenvalue weighted by atomic mass is 9.95. The molecule has 1 aliphatic rings. The minimum atomic E-state index is -0.971. The number of nitrogens with zero attached hydrogens (tertiary/aromatic N) is 1. The van der Waals surface area contributed by atoms with Crippen LogP contribution in [0.5, 0.6) is 11.5 Å². The van der Waals surface area contributed by atoms with Gasteiger partial charge in [-0.1, -0.05) is 12.1 Å². The second kappa shape index (κ2) is 9.95. The molecule has 8 nitrogen and oxygen atoms in total. The number of ketones is 1. The summed E-state index contributed by atoms with van der Waals surface area (Å²) in [5.41, 5.74) is 1.39. The van der Waals surface area contributed by atoms with E-state index in [4.69, 9.17) is 9.47 Å². The van der Waals surface area contributed by atoms with Crippen LogP contribution in [0.1, 0.15) is 41.4 Å². The molecule has 1 saturated heterocycles. The number of esters is 1. The number of aromatic hydroxyl groups is 1. The molecule has 8 heteroatoms. The number of aliphatic hydroxyl groups excluding tert-OH is 1. The minimum absolute atomic E-state index is 0.0128. The van der Waals surface area contributed by atoms with Crippen molar-refractivity contribution in [1.29, 1.82) is 0 Å². The summed E-state index contributed by atoms with van der Waals surface area (Å²) in [6.07, 6.45) is -0.289. The number of hydrogen-bond acceptors (Lipinski definition) is 7. The number of anilines is 1. The molecule has 1 amide bonds. The third-order valence-corrected chi connectivity index (χ3v) is 5.74. The number of carbonyl (C=O) groups is 3. The van der Waals surface area contributed by atoms with Crippen molar-refractivity contribution in [2.45, 2.75) is 26.0 Å². The van der Waals surface area contributed by atoms with Gasteiger partial charge in [-0.2, -0.15) is 0 Å². The summed E-state index contributed by atoms with van der Waals surface area (Å²) in [5, 5.41) is 20.9. The van der Waals surface area contributed by atoms with Gasteiger partial charge in [0.25, 0.3) is 11.7 Å². The molecule has 1 heterocycles. The molecular formula is C28H25NO7. The van der Waals surface area contributed by atoms with Gasteiger partial charge in [-0.15, -0.1) is 0 Å². The van der Waals surface area contributed by atoms with Crippen LogP contribution in [0.15, 0.2) is 78.4 Å². The number of carbonyl (C=O) groups excluding carboxylic acids is 3. The number of amides is 1. The van der Waals surface area contributed by atoms with Crippen LogP contribution in [-0.2, 0) is 14.3 Å². The zero-order chi connectivity index (χ0) is 26.0. The van der Waals surface area contributed by atoms with Crippen molar-refractivity contribution in [1.82, 2.24) is 0 Å². The van der Waals surface area contributed by atoms with Crippen molar-refractivity contribution < 1.29 is 34.1 Å². The van der Waals surface area contributed by atoms with Gasteiger partial charge in [-0.3, -0.25) is 14.5 Å². The Morgan fingerprint density at radius 2 is 1.47 bits per heavy atom. The average molecular weight is 488 g/mol. The number of hydrogen-bond donors (Lipinski definition) is 2. The Morgan fingerprint density at radius 3 is 2.03 bits per heavy atom. The van der Waals surface area contributed by atoms with Crippen molar-refractivity contribution in [3.63, 3.8) is 0 Å². The Labute approximate surface area is 208 Å². The van der Waals surface area contributed by atoms with Crippen LogP contribution in [0.4, 0.5) is 5.69 Å². The predicted molar refractivity (Wildman–Crippen MR) is 133 cm³/mol. The molecule has 3 aromatic rings. The fraction of sp³-hybridized carbons (Fsp3) is 0.179. The van der Waals surface area contributed by atoms with Crippen LogP contribution in [0.25, 0.3) is 5.76 Å². The van der Waals surface area contributed by atoms with Gasteiger partial charge in [0, 0.05) is 11.3 Å². The highest BCUT2D eigenvalue weighted by atomic mass is 16.5. The second-order valence-corrected chi connectivity index (χ2v) is 8.49. The quantitative estimate of drug-likeness (QED) is 0.226. The molecule has 1 atom stereocenters. The van der Waals surface area contributed by atoms with Crippen LogP contribution in [0, 0.1) is 0 Å². The molecule has 0 saturated carbocycles. The Balaban J connectivity index is 1.82. The molecule has 0 radical (unpaired) electrons. The highest BCUT2D eigenvalue weighted by Crippen LogP contribution is 2.42. The number of ether oxygens (including phenoxy) is 2. The molecule has 0 aromatic heterocycles. The van der Waals surface area contributed by atoms with Crippen molar-refractivity contribution >= 4 is 29.1 Å². The van der Waals surface area contributed by atoms with E-state index in [0.717, 1.165) is 0 Å². The number of phenols is 1. The van der Waals surface area contributed by atoms with Crippen LogP contribution in [-0.4, -0.2) is 41.1 Å². The highest BCUT2D eigenvalue weighted by molar-refractivity contribution is 6.51.